The van der Waals surface area contributed by atoms with E-state index in [4.69, 9.17) is 9.47 Å². The second kappa shape index (κ2) is 6.51. The van der Waals surface area contributed by atoms with Crippen molar-refractivity contribution in [3.8, 4) is 11.5 Å². The third-order valence-electron chi connectivity index (χ3n) is 3.43. The number of amides is 1. The summed E-state index contributed by atoms with van der Waals surface area (Å²) in [6.07, 6.45) is 6.17. The van der Waals surface area contributed by atoms with E-state index in [2.05, 4.69) is 10.3 Å². The minimum Gasteiger partial charge on any atom is -0.490 e. The van der Waals surface area contributed by atoms with E-state index in [0.29, 0.717) is 36.8 Å². The Morgan fingerprint density at radius 1 is 1.36 bits per heavy atom. The third-order valence-corrected chi connectivity index (χ3v) is 3.43. The molecule has 6 heteroatoms. The van der Waals surface area contributed by atoms with Gasteiger partial charge >= 0.3 is 0 Å². The molecular weight excluding hydrogens is 282 g/mol. The number of carbonyl (C=O) groups excluding carboxylic acids is 1. The van der Waals surface area contributed by atoms with Crippen molar-refractivity contribution in [2.75, 3.05) is 13.2 Å². The lowest BCUT2D eigenvalue weighted by atomic mass is 10.1. The van der Waals surface area contributed by atoms with Gasteiger partial charge in [0.25, 0.3) is 5.91 Å². The molecule has 1 aliphatic heterocycles. The monoisotopic (exact) mass is 301 g/mol. The van der Waals surface area contributed by atoms with Gasteiger partial charge in [-0.1, -0.05) is 0 Å². The number of ether oxygens (including phenoxy) is 2. The van der Waals surface area contributed by atoms with Gasteiger partial charge in [-0.05, 0) is 25.1 Å². The maximum atomic E-state index is 12.3. The molecule has 3 rings (SSSR count). The molecule has 22 heavy (non-hydrogen) atoms. The predicted octanol–water partition coefficient (Wildman–Crippen LogP) is 1.86. The second-order valence-electron chi connectivity index (χ2n) is 5.35. The molecule has 0 unspecified atom stereocenters. The molecule has 2 heterocycles. The highest BCUT2D eigenvalue weighted by Gasteiger charge is 2.15. The van der Waals surface area contributed by atoms with Crippen molar-refractivity contribution >= 4 is 5.91 Å². The summed E-state index contributed by atoms with van der Waals surface area (Å²) in [5.41, 5.74) is 0.571. The number of hydrogen-bond acceptors (Lipinski definition) is 4. The Kier molecular flexibility index (Phi) is 4.27. The summed E-state index contributed by atoms with van der Waals surface area (Å²) in [6, 6.07) is 5.28. The maximum absolute atomic E-state index is 12.3. The van der Waals surface area contributed by atoms with Crippen LogP contribution in [0, 0.1) is 0 Å². The third kappa shape index (κ3) is 3.39. The Morgan fingerprint density at radius 3 is 2.95 bits per heavy atom. The van der Waals surface area contributed by atoms with E-state index in [1.807, 2.05) is 17.7 Å². The van der Waals surface area contributed by atoms with Crippen molar-refractivity contribution in [1.82, 2.24) is 14.9 Å². The van der Waals surface area contributed by atoms with Gasteiger partial charge in [0.2, 0.25) is 0 Å². The molecule has 0 bridgehead atoms. The van der Waals surface area contributed by atoms with Crippen LogP contribution in [0.4, 0.5) is 0 Å². The Morgan fingerprint density at radius 2 is 2.18 bits per heavy atom. The lowest BCUT2D eigenvalue weighted by molar-refractivity contribution is 0.0936. The molecule has 1 aromatic heterocycles. The normalized spacial score (nSPS) is 15.0. The van der Waals surface area contributed by atoms with Crippen molar-refractivity contribution in [3.05, 3.63) is 42.5 Å². The van der Waals surface area contributed by atoms with Crippen LogP contribution in [0.5, 0.6) is 11.5 Å². The van der Waals surface area contributed by atoms with E-state index in [1.54, 1.807) is 30.7 Å². The summed E-state index contributed by atoms with van der Waals surface area (Å²) < 4.78 is 13.1. The number of rotatable bonds is 4. The topological polar surface area (TPSA) is 65.4 Å². The molecule has 1 aromatic carbocycles. The second-order valence-corrected chi connectivity index (χ2v) is 5.35. The first-order chi connectivity index (χ1) is 10.7. The molecule has 2 aromatic rings. The van der Waals surface area contributed by atoms with Crippen molar-refractivity contribution < 1.29 is 14.3 Å². The molecule has 0 saturated heterocycles. The molecule has 1 aliphatic rings. The Hall–Kier alpha value is -2.50. The lowest BCUT2D eigenvalue weighted by Gasteiger charge is -2.15. The highest BCUT2D eigenvalue weighted by atomic mass is 16.5. The molecule has 6 nitrogen and oxygen atoms in total. The van der Waals surface area contributed by atoms with E-state index >= 15 is 0 Å². The highest BCUT2D eigenvalue weighted by Crippen LogP contribution is 2.30. The van der Waals surface area contributed by atoms with Gasteiger partial charge in [0.05, 0.1) is 19.5 Å². The zero-order valence-electron chi connectivity index (χ0n) is 12.5. The summed E-state index contributed by atoms with van der Waals surface area (Å²) in [7, 11) is 0. The van der Waals surface area contributed by atoms with Gasteiger partial charge in [0.15, 0.2) is 11.5 Å². The summed E-state index contributed by atoms with van der Waals surface area (Å²) in [5.74, 6) is 1.20. The van der Waals surface area contributed by atoms with Crippen LogP contribution in [0.2, 0.25) is 0 Å². The number of aromatic nitrogens is 2. The van der Waals surface area contributed by atoms with Gasteiger partial charge < -0.3 is 19.4 Å². The fraction of sp³-hybridized carbons (Fsp3) is 0.375. The first-order valence-corrected chi connectivity index (χ1v) is 7.38. The number of imidazole rings is 1. The Balaban J connectivity index is 1.65. The minimum atomic E-state index is -0.122. The van der Waals surface area contributed by atoms with Gasteiger partial charge in [-0.15, -0.1) is 0 Å². The predicted molar refractivity (Wildman–Crippen MR) is 81.2 cm³/mol. The van der Waals surface area contributed by atoms with Gasteiger partial charge in [0.1, 0.15) is 0 Å². The Bertz CT molecular complexity index is 640. The molecule has 0 radical (unpaired) electrons. The SMILES string of the molecule is C[C@H](Cn1ccnc1)NC(=O)c1ccc2c(c1)OCCCO2. The van der Waals surface area contributed by atoms with Crippen LogP contribution in [-0.4, -0.2) is 34.7 Å². The van der Waals surface area contributed by atoms with Crippen LogP contribution in [0.3, 0.4) is 0 Å². The van der Waals surface area contributed by atoms with Crippen LogP contribution < -0.4 is 14.8 Å². The van der Waals surface area contributed by atoms with Gasteiger partial charge in [-0.25, -0.2) is 4.98 Å². The lowest BCUT2D eigenvalue weighted by Crippen LogP contribution is -2.35. The molecule has 0 fully saturated rings. The average molecular weight is 301 g/mol. The summed E-state index contributed by atoms with van der Waals surface area (Å²) in [6.45, 7) is 3.88. The molecule has 0 spiro atoms. The average Bonchev–Trinajstić information content (AvgIpc) is 2.89. The number of carbonyl (C=O) groups is 1. The number of nitrogens with zero attached hydrogens (tertiary/aromatic N) is 2. The largest absolute Gasteiger partial charge is 0.490 e. The Labute approximate surface area is 129 Å². The fourth-order valence-corrected chi connectivity index (χ4v) is 2.37. The zero-order chi connectivity index (χ0) is 15.4. The van der Waals surface area contributed by atoms with Crippen molar-refractivity contribution in [1.29, 1.82) is 0 Å². The number of nitrogens with one attached hydrogen (secondary N) is 1. The zero-order valence-corrected chi connectivity index (χ0v) is 12.5. The number of hydrogen-bond donors (Lipinski definition) is 1. The van der Waals surface area contributed by atoms with E-state index in [-0.39, 0.29) is 11.9 Å². The van der Waals surface area contributed by atoms with Crippen LogP contribution >= 0.6 is 0 Å². The van der Waals surface area contributed by atoms with Gasteiger partial charge in [-0.2, -0.15) is 0 Å². The molecule has 0 saturated carbocycles. The van der Waals surface area contributed by atoms with E-state index < -0.39 is 0 Å². The van der Waals surface area contributed by atoms with Crippen LogP contribution in [-0.2, 0) is 6.54 Å². The molecule has 1 N–H and O–H groups in total. The first kappa shape index (κ1) is 14.4. The van der Waals surface area contributed by atoms with Crippen LogP contribution in [0.15, 0.2) is 36.9 Å². The van der Waals surface area contributed by atoms with Gasteiger partial charge in [0, 0.05) is 37.0 Å². The summed E-state index contributed by atoms with van der Waals surface area (Å²) in [5, 5.41) is 2.97. The molecule has 1 atom stereocenters. The molecule has 0 aliphatic carbocycles. The minimum absolute atomic E-state index is 0.00215. The molecule has 116 valence electrons. The quantitative estimate of drug-likeness (QED) is 0.936. The van der Waals surface area contributed by atoms with Crippen molar-refractivity contribution in [3.63, 3.8) is 0 Å². The fourth-order valence-electron chi connectivity index (χ4n) is 2.37. The number of fused-ring (bicyclic) bond motifs is 1. The highest BCUT2D eigenvalue weighted by molar-refractivity contribution is 5.95. The van der Waals surface area contributed by atoms with E-state index in [9.17, 15) is 4.79 Å². The van der Waals surface area contributed by atoms with Crippen molar-refractivity contribution in [2.45, 2.75) is 25.9 Å². The van der Waals surface area contributed by atoms with E-state index in [0.717, 1.165) is 6.42 Å². The maximum Gasteiger partial charge on any atom is 0.251 e. The van der Waals surface area contributed by atoms with Crippen LogP contribution in [0.25, 0.3) is 0 Å². The van der Waals surface area contributed by atoms with Gasteiger partial charge in [-0.3, -0.25) is 4.79 Å². The van der Waals surface area contributed by atoms with Crippen LogP contribution in [0.1, 0.15) is 23.7 Å². The smallest absolute Gasteiger partial charge is 0.251 e. The first-order valence-electron chi connectivity index (χ1n) is 7.38. The number of benzene rings is 1. The van der Waals surface area contributed by atoms with Crippen molar-refractivity contribution in [2.24, 2.45) is 0 Å². The summed E-state index contributed by atoms with van der Waals surface area (Å²) >= 11 is 0. The molecular formula is C16H19N3O3. The van der Waals surface area contributed by atoms with E-state index in [1.165, 1.54) is 0 Å². The molecule has 1 amide bonds. The standard InChI is InChI=1S/C16H19N3O3/c1-12(10-19-6-5-17-11-19)18-16(20)13-3-4-14-15(9-13)22-8-2-7-21-14/h3-6,9,11-12H,2,7-8,10H2,1H3,(H,18,20)/t12-/m1/s1. The summed E-state index contributed by atoms with van der Waals surface area (Å²) in [4.78, 5) is 16.3.